The molecule has 0 amide bonds. The minimum Gasteiger partial charge on any atom is -0.463 e. The van der Waals surface area contributed by atoms with E-state index >= 15 is 0 Å². The lowest BCUT2D eigenvalue weighted by Gasteiger charge is -2.16. The smallest absolute Gasteiger partial charge is 0.247 e. The van der Waals surface area contributed by atoms with E-state index in [2.05, 4.69) is 36.4 Å². The van der Waals surface area contributed by atoms with Gasteiger partial charge in [0.25, 0.3) is 0 Å². The Kier molecular flexibility index (Phi) is 4.15. The quantitative estimate of drug-likeness (QED) is 0.643. The number of aromatic nitrogens is 3. The predicted molar refractivity (Wildman–Crippen MR) is 95.1 cm³/mol. The summed E-state index contributed by atoms with van der Waals surface area (Å²) in [5.41, 5.74) is 2.36. The van der Waals surface area contributed by atoms with Crippen molar-refractivity contribution in [2.75, 3.05) is 11.1 Å². The van der Waals surface area contributed by atoms with Crippen LogP contribution >= 0.6 is 27.7 Å². The zero-order valence-corrected chi connectivity index (χ0v) is 15.1. The molecule has 0 aliphatic carbocycles. The molecule has 0 fully saturated rings. The number of furan rings is 1. The van der Waals surface area contributed by atoms with Gasteiger partial charge in [0, 0.05) is 15.7 Å². The van der Waals surface area contributed by atoms with Gasteiger partial charge in [-0.1, -0.05) is 34.6 Å². The van der Waals surface area contributed by atoms with Crippen LogP contribution in [0.1, 0.15) is 18.9 Å². The molecule has 1 aromatic carbocycles. The lowest BCUT2D eigenvalue weighted by Crippen LogP contribution is -2.16. The fraction of sp³-hybridized carbons (Fsp3) is 0.188. The van der Waals surface area contributed by atoms with Gasteiger partial charge in [-0.3, -0.25) is 0 Å². The van der Waals surface area contributed by atoms with Crippen molar-refractivity contribution in [1.29, 1.82) is 0 Å². The Hall–Kier alpha value is -2.06. The Bertz CT molecular complexity index is 873. The maximum atomic E-state index is 6.06. The average Bonchev–Trinajstić information content (AvgIpc) is 3.06. The highest BCUT2D eigenvalue weighted by atomic mass is 79.9. The second-order valence-electron chi connectivity index (χ2n) is 5.03. The van der Waals surface area contributed by atoms with Crippen molar-refractivity contribution in [3.05, 3.63) is 46.8 Å². The third-order valence-electron chi connectivity index (χ3n) is 3.46. The number of rotatable bonds is 3. The van der Waals surface area contributed by atoms with Gasteiger partial charge in [0.15, 0.2) is 11.5 Å². The Labute approximate surface area is 151 Å². The molecule has 24 heavy (non-hydrogen) atoms. The molecule has 3 heterocycles. The number of fused-ring (bicyclic) bond motifs is 3. The van der Waals surface area contributed by atoms with Crippen LogP contribution < -0.4 is 10.1 Å². The molecule has 1 N–H and O–H groups in total. The van der Waals surface area contributed by atoms with Crippen LogP contribution in [0.25, 0.3) is 11.3 Å². The second kappa shape index (κ2) is 6.45. The number of ether oxygens (including phenoxy) is 1. The van der Waals surface area contributed by atoms with Crippen LogP contribution in [-0.4, -0.2) is 20.9 Å². The van der Waals surface area contributed by atoms with E-state index in [0.717, 1.165) is 21.5 Å². The van der Waals surface area contributed by atoms with Crippen molar-refractivity contribution in [2.24, 2.45) is 0 Å². The molecule has 1 aliphatic rings. The van der Waals surface area contributed by atoms with Crippen LogP contribution in [0, 0.1) is 0 Å². The van der Waals surface area contributed by atoms with E-state index < -0.39 is 6.23 Å². The van der Waals surface area contributed by atoms with E-state index in [1.165, 1.54) is 11.8 Å². The van der Waals surface area contributed by atoms with E-state index in [1.807, 2.05) is 37.3 Å². The first-order valence-electron chi connectivity index (χ1n) is 7.38. The van der Waals surface area contributed by atoms with Gasteiger partial charge in [0.1, 0.15) is 0 Å². The molecule has 1 aliphatic heterocycles. The van der Waals surface area contributed by atoms with E-state index in [9.17, 15) is 0 Å². The molecule has 0 radical (unpaired) electrons. The van der Waals surface area contributed by atoms with Crippen LogP contribution in [0.15, 0.2) is 50.6 Å². The predicted octanol–water partition coefficient (Wildman–Crippen LogP) is 4.51. The number of anilines is 1. The first-order chi connectivity index (χ1) is 11.7. The highest BCUT2D eigenvalue weighted by Gasteiger charge is 2.27. The molecule has 3 aromatic rings. The normalized spacial score (nSPS) is 15.7. The number of hydrogen-bond acceptors (Lipinski definition) is 7. The van der Waals surface area contributed by atoms with Gasteiger partial charge in [-0.05, 0) is 36.1 Å². The Balaban J connectivity index is 1.86. The first kappa shape index (κ1) is 15.5. The highest BCUT2D eigenvalue weighted by Crippen LogP contribution is 2.40. The zero-order chi connectivity index (χ0) is 16.5. The molecule has 1 atom stereocenters. The van der Waals surface area contributed by atoms with Gasteiger partial charge in [0.2, 0.25) is 17.3 Å². The molecular weight excluding hydrogens is 392 g/mol. The summed E-state index contributed by atoms with van der Waals surface area (Å²) >= 11 is 5.02. The van der Waals surface area contributed by atoms with Gasteiger partial charge in [-0.2, -0.15) is 4.98 Å². The summed E-state index contributed by atoms with van der Waals surface area (Å²) in [5.74, 6) is 1.97. The maximum Gasteiger partial charge on any atom is 0.247 e. The number of benzene rings is 1. The lowest BCUT2D eigenvalue weighted by atomic mass is 10.1. The molecule has 1 unspecified atom stereocenters. The number of halogens is 1. The molecular formula is C16H13BrN4O2S. The fourth-order valence-corrected chi connectivity index (χ4v) is 3.29. The molecule has 0 spiro atoms. The molecule has 0 bridgehead atoms. The molecule has 0 saturated heterocycles. The van der Waals surface area contributed by atoms with Crippen LogP contribution in [0.3, 0.4) is 0 Å². The average molecular weight is 405 g/mol. The number of thioether (sulfide) groups is 1. The van der Waals surface area contributed by atoms with Crippen molar-refractivity contribution in [3.8, 4) is 17.1 Å². The van der Waals surface area contributed by atoms with Crippen molar-refractivity contribution < 1.29 is 9.15 Å². The van der Waals surface area contributed by atoms with Gasteiger partial charge < -0.3 is 14.5 Å². The SMILES string of the molecule is CCSc1nnc2c(n1)OC(c1ccco1)Nc1ccc(Br)cc1-2. The Morgan fingerprint density at radius 3 is 3.00 bits per heavy atom. The van der Waals surface area contributed by atoms with E-state index in [1.54, 1.807) is 6.26 Å². The summed E-state index contributed by atoms with van der Waals surface area (Å²) in [7, 11) is 0. The lowest BCUT2D eigenvalue weighted by molar-refractivity contribution is 0.195. The van der Waals surface area contributed by atoms with E-state index in [0.29, 0.717) is 22.5 Å². The molecule has 4 rings (SSSR count). The van der Waals surface area contributed by atoms with Crippen LogP contribution in [0.4, 0.5) is 5.69 Å². The monoisotopic (exact) mass is 404 g/mol. The fourth-order valence-electron chi connectivity index (χ4n) is 2.43. The van der Waals surface area contributed by atoms with Crippen LogP contribution in [0.2, 0.25) is 0 Å². The second-order valence-corrected chi connectivity index (χ2v) is 7.18. The third kappa shape index (κ3) is 2.87. The highest BCUT2D eigenvalue weighted by molar-refractivity contribution is 9.10. The third-order valence-corrected chi connectivity index (χ3v) is 4.68. The first-order valence-corrected chi connectivity index (χ1v) is 9.16. The maximum absolute atomic E-state index is 6.06. The summed E-state index contributed by atoms with van der Waals surface area (Å²) in [6.07, 6.45) is 1.13. The van der Waals surface area contributed by atoms with Crippen LogP contribution in [0.5, 0.6) is 5.88 Å². The summed E-state index contributed by atoms with van der Waals surface area (Å²) in [4.78, 5) is 4.52. The minimum atomic E-state index is -0.489. The largest absolute Gasteiger partial charge is 0.463 e. The zero-order valence-electron chi connectivity index (χ0n) is 12.7. The number of hydrogen-bond donors (Lipinski definition) is 1. The number of nitrogens with zero attached hydrogens (tertiary/aromatic N) is 3. The molecule has 0 saturated carbocycles. The van der Waals surface area contributed by atoms with Gasteiger partial charge in [0.05, 0.1) is 6.26 Å². The summed E-state index contributed by atoms with van der Waals surface area (Å²) in [5, 5.41) is 12.5. The van der Waals surface area contributed by atoms with Gasteiger partial charge >= 0.3 is 0 Å². The van der Waals surface area contributed by atoms with Crippen molar-refractivity contribution in [1.82, 2.24) is 15.2 Å². The summed E-state index contributed by atoms with van der Waals surface area (Å²) < 4.78 is 12.5. The molecule has 2 aromatic heterocycles. The molecule has 8 heteroatoms. The summed E-state index contributed by atoms with van der Waals surface area (Å²) in [6, 6.07) is 9.57. The Morgan fingerprint density at radius 2 is 2.21 bits per heavy atom. The summed E-state index contributed by atoms with van der Waals surface area (Å²) in [6.45, 7) is 2.04. The van der Waals surface area contributed by atoms with Crippen molar-refractivity contribution in [3.63, 3.8) is 0 Å². The number of nitrogens with one attached hydrogen (secondary N) is 1. The minimum absolute atomic E-state index is 0.437. The van der Waals surface area contributed by atoms with E-state index in [-0.39, 0.29) is 0 Å². The Morgan fingerprint density at radius 1 is 1.29 bits per heavy atom. The van der Waals surface area contributed by atoms with Crippen LogP contribution in [-0.2, 0) is 0 Å². The van der Waals surface area contributed by atoms with Crippen molar-refractivity contribution >= 4 is 33.4 Å². The molecule has 122 valence electrons. The van der Waals surface area contributed by atoms with Crippen molar-refractivity contribution in [2.45, 2.75) is 18.3 Å². The van der Waals surface area contributed by atoms with Gasteiger partial charge in [-0.15, -0.1) is 10.2 Å². The topological polar surface area (TPSA) is 73.1 Å². The van der Waals surface area contributed by atoms with E-state index in [4.69, 9.17) is 9.15 Å². The molecule has 6 nitrogen and oxygen atoms in total. The van der Waals surface area contributed by atoms with Gasteiger partial charge in [-0.25, -0.2) is 0 Å². The standard InChI is InChI=1S/C16H13BrN4O2S/c1-2-24-16-19-15-13(20-21-16)10-8-9(17)5-6-11(10)18-14(23-15)12-4-3-7-22-12/h3-8,14,18H,2H2,1H3.